The highest BCUT2D eigenvalue weighted by atomic mass is 16.5. The monoisotopic (exact) mass is 418 g/mol. The predicted octanol–water partition coefficient (Wildman–Crippen LogP) is 5.66. The van der Waals surface area contributed by atoms with E-state index in [2.05, 4.69) is 20.8 Å². The van der Waals surface area contributed by atoms with Gasteiger partial charge >= 0.3 is 0 Å². The number of Topliss-reactive ketones (excluding diaryl/α,β-unsaturated/α-hetero) is 1. The first-order chi connectivity index (χ1) is 14.8. The molecule has 0 unspecified atom stereocenters. The number of carbonyl (C=O) groups is 2. The van der Waals surface area contributed by atoms with E-state index in [0.717, 1.165) is 41.2 Å². The fraction of sp³-hybridized carbons (Fsp3) is 0.423. The van der Waals surface area contributed by atoms with Crippen LogP contribution in [0.15, 0.2) is 53.5 Å². The molecule has 1 amide bonds. The lowest BCUT2D eigenvalue weighted by atomic mass is 9.68. The number of fused-ring (bicyclic) bond motifs is 2. The van der Waals surface area contributed by atoms with Crippen molar-refractivity contribution in [1.29, 1.82) is 0 Å². The standard InChI is InChI=1S/C26H30N2O3/c1-5-13-31-19-10-8-9-18(14-19)25-24-21(15-26(3,4)16-23(24)30)27-20-11-6-7-12-22(20)28(25)17(2)29/h6-12,14,24-25H,5,13,15-16H2,1-4H3/t24-,25-/m0/s1. The summed E-state index contributed by atoms with van der Waals surface area (Å²) in [4.78, 5) is 33.2. The number of rotatable bonds is 4. The fourth-order valence-electron chi connectivity index (χ4n) is 4.83. The third kappa shape index (κ3) is 4.14. The summed E-state index contributed by atoms with van der Waals surface area (Å²) in [5.41, 5.74) is 3.09. The molecule has 0 bridgehead atoms. The van der Waals surface area contributed by atoms with E-state index in [1.165, 1.54) is 0 Å². The number of anilines is 1. The van der Waals surface area contributed by atoms with Gasteiger partial charge in [0, 0.05) is 19.1 Å². The Bertz CT molecular complexity index is 1040. The first-order valence-electron chi connectivity index (χ1n) is 11.0. The van der Waals surface area contributed by atoms with E-state index in [-0.39, 0.29) is 17.1 Å². The van der Waals surface area contributed by atoms with Crippen molar-refractivity contribution in [3.8, 4) is 5.75 Å². The van der Waals surface area contributed by atoms with E-state index in [4.69, 9.17) is 9.73 Å². The summed E-state index contributed by atoms with van der Waals surface area (Å²) in [6.07, 6.45) is 2.11. The molecule has 0 N–H and O–H groups in total. The van der Waals surface area contributed by atoms with E-state index in [1.54, 1.807) is 11.8 Å². The highest BCUT2D eigenvalue weighted by Crippen LogP contribution is 2.48. The van der Waals surface area contributed by atoms with Crippen molar-refractivity contribution in [2.45, 2.75) is 53.0 Å². The third-order valence-corrected chi connectivity index (χ3v) is 6.03. The van der Waals surface area contributed by atoms with Gasteiger partial charge in [-0.2, -0.15) is 0 Å². The summed E-state index contributed by atoms with van der Waals surface area (Å²) in [6, 6.07) is 15.0. The Kier molecular flexibility index (Phi) is 5.69. The maximum atomic E-state index is 13.5. The molecule has 2 aromatic rings. The van der Waals surface area contributed by atoms with Crippen molar-refractivity contribution >= 4 is 28.8 Å². The molecule has 5 nitrogen and oxygen atoms in total. The fourth-order valence-corrected chi connectivity index (χ4v) is 4.83. The van der Waals surface area contributed by atoms with Gasteiger partial charge in [0.2, 0.25) is 5.91 Å². The van der Waals surface area contributed by atoms with E-state index < -0.39 is 12.0 Å². The molecule has 0 saturated heterocycles. The average molecular weight is 419 g/mol. The summed E-state index contributed by atoms with van der Waals surface area (Å²) in [6.45, 7) is 8.46. The second-order valence-corrected chi connectivity index (χ2v) is 9.31. The number of benzene rings is 2. The zero-order valence-corrected chi connectivity index (χ0v) is 18.7. The van der Waals surface area contributed by atoms with Crippen molar-refractivity contribution in [3.63, 3.8) is 0 Å². The largest absolute Gasteiger partial charge is 0.494 e. The summed E-state index contributed by atoms with van der Waals surface area (Å²) in [5, 5.41) is 0. The zero-order valence-electron chi connectivity index (χ0n) is 18.7. The van der Waals surface area contributed by atoms with Crippen LogP contribution in [0.4, 0.5) is 11.4 Å². The van der Waals surface area contributed by atoms with Crippen LogP contribution in [-0.4, -0.2) is 24.0 Å². The van der Waals surface area contributed by atoms with Gasteiger partial charge < -0.3 is 9.64 Å². The molecule has 2 aliphatic rings. The van der Waals surface area contributed by atoms with Crippen molar-refractivity contribution < 1.29 is 14.3 Å². The van der Waals surface area contributed by atoms with Crippen molar-refractivity contribution in [2.24, 2.45) is 16.3 Å². The molecule has 1 saturated carbocycles. The van der Waals surface area contributed by atoms with Crippen LogP contribution in [0.25, 0.3) is 0 Å². The third-order valence-electron chi connectivity index (χ3n) is 6.03. The number of nitrogens with zero attached hydrogens (tertiary/aromatic N) is 2. The average Bonchev–Trinajstić information content (AvgIpc) is 2.85. The number of hydrogen-bond donors (Lipinski definition) is 0. The summed E-state index contributed by atoms with van der Waals surface area (Å²) in [5.74, 6) is 0.318. The Morgan fingerprint density at radius 3 is 2.68 bits per heavy atom. The SMILES string of the molecule is CCCOc1cccc([C@H]2[C@@H]3C(=O)CC(C)(C)CC3=Nc3ccccc3N2C(C)=O)c1. The van der Waals surface area contributed by atoms with Gasteiger partial charge in [0.1, 0.15) is 11.5 Å². The lowest BCUT2D eigenvalue weighted by Gasteiger charge is -2.40. The Morgan fingerprint density at radius 2 is 1.94 bits per heavy atom. The van der Waals surface area contributed by atoms with Crippen LogP contribution in [0.2, 0.25) is 0 Å². The summed E-state index contributed by atoms with van der Waals surface area (Å²) < 4.78 is 5.86. The van der Waals surface area contributed by atoms with E-state index in [1.807, 2.05) is 48.5 Å². The molecule has 5 heteroatoms. The topological polar surface area (TPSA) is 59.0 Å². The van der Waals surface area contributed by atoms with E-state index in [9.17, 15) is 9.59 Å². The van der Waals surface area contributed by atoms with Gasteiger partial charge in [-0.05, 0) is 48.1 Å². The minimum atomic E-state index is -0.467. The number of amides is 1. The van der Waals surface area contributed by atoms with Crippen LogP contribution >= 0.6 is 0 Å². The van der Waals surface area contributed by atoms with Crippen LogP contribution in [0.1, 0.15) is 58.6 Å². The molecule has 1 aliphatic heterocycles. The zero-order chi connectivity index (χ0) is 22.2. The Balaban J connectivity index is 1.91. The first-order valence-corrected chi connectivity index (χ1v) is 11.0. The molecule has 1 aliphatic carbocycles. The predicted molar refractivity (Wildman–Crippen MR) is 123 cm³/mol. The molecule has 0 radical (unpaired) electrons. The lowest BCUT2D eigenvalue weighted by molar-refractivity contribution is -0.124. The van der Waals surface area contributed by atoms with Gasteiger partial charge in [0.15, 0.2) is 0 Å². The molecule has 2 atom stereocenters. The van der Waals surface area contributed by atoms with Crippen LogP contribution in [0.5, 0.6) is 5.75 Å². The minimum Gasteiger partial charge on any atom is -0.494 e. The van der Waals surface area contributed by atoms with Crippen LogP contribution in [0.3, 0.4) is 0 Å². The van der Waals surface area contributed by atoms with Gasteiger partial charge in [-0.15, -0.1) is 0 Å². The number of carbonyl (C=O) groups excluding carboxylic acids is 2. The molecule has 31 heavy (non-hydrogen) atoms. The maximum absolute atomic E-state index is 13.5. The molecule has 4 rings (SSSR count). The molecule has 1 heterocycles. The molecule has 0 spiro atoms. The van der Waals surface area contributed by atoms with Gasteiger partial charge in [-0.25, -0.2) is 0 Å². The van der Waals surface area contributed by atoms with Crippen molar-refractivity contribution in [3.05, 3.63) is 54.1 Å². The highest BCUT2D eigenvalue weighted by Gasteiger charge is 2.47. The van der Waals surface area contributed by atoms with Gasteiger partial charge in [0.05, 0.1) is 29.9 Å². The van der Waals surface area contributed by atoms with E-state index in [0.29, 0.717) is 13.0 Å². The second-order valence-electron chi connectivity index (χ2n) is 9.31. The number of hydrogen-bond acceptors (Lipinski definition) is 4. The summed E-state index contributed by atoms with van der Waals surface area (Å²) in [7, 11) is 0. The van der Waals surface area contributed by atoms with Crippen LogP contribution in [-0.2, 0) is 9.59 Å². The van der Waals surface area contributed by atoms with Gasteiger partial charge in [-0.1, -0.05) is 45.0 Å². The Labute approximate surface area is 184 Å². The highest BCUT2D eigenvalue weighted by molar-refractivity contribution is 6.12. The molecule has 0 aromatic heterocycles. The first kappa shape index (κ1) is 21.3. The lowest BCUT2D eigenvalue weighted by Crippen LogP contribution is -2.46. The number of para-hydroxylation sites is 2. The van der Waals surface area contributed by atoms with Gasteiger partial charge in [-0.3, -0.25) is 14.6 Å². The van der Waals surface area contributed by atoms with Crippen molar-refractivity contribution in [1.82, 2.24) is 0 Å². The number of ether oxygens (including phenoxy) is 1. The summed E-state index contributed by atoms with van der Waals surface area (Å²) >= 11 is 0. The molecular weight excluding hydrogens is 388 g/mol. The Morgan fingerprint density at radius 1 is 1.16 bits per heavy atom. The molecular formula is C26H30N2O3. The van der Waals surface area contributed by atoms with Crippen molar-refractivity contribution in [2.75, 3.05) is 11.5 Å². The second kappa shape index (κ2) is 8.29. The van der Waals surface area contributed by atoms with Gasteiger partial charge in [0.25, 0.3) is 0 Å². The molecule has 1 fully saturated rings. The Hall–Kier alpha value is -2.95. The molecule has 162 valence electrons. The van der Waals surface area contributed by atoms with E-state index >= 15 is 0 Å². The smallest absolute Gasteiger partial charge is 0.224 e. The quantitative estimate of drug-likeness (QED) is 0.644. The van der Waals surface area contributed by atoms with Crippen LogP contribution < -0.4 is 9.64 Å². The number of ketones is 1. The van der Waals surface area contributed by atoms with Crippen LogP contribution in [0, 0.1) is 11.3 Å². The maximum Gasteiger partial charge on any atom is 0.224 e. The molecule has 2 aromatic carbocycles. The number of aliphatic imine (C=N–C) groups is 1. The normalized spacial score (nSPS) is 22.1. The minimum absolute atomic E-state index is 0.105.